The van der Waals surface area contributed by atoms with E-state index in [1.54, 1.807) is 6.92 Å². The average Bonchev–Trinajstić information content (AvgIpc) is 2.48. The number of carboxylic acid groups (broad SMARTS) is 1. The van der Waals surface area contributed by atoms with E-state index in [1.165, 1.54) is 6.07 Å². The minimum absolute atomic E-state index is 0.00361. The first-order chi connectivity index (χ1) is 6.59. The second-order valence-electron chi connectivity index (χ2n) is 3.21. The van der Waals surface area contributed by atoms with Crippen molar-refractivity contribution in [2.24, 2.45) is 0 Å². The number of pyridine rings is 1. The molecule has 14 heavy (non-hydrogen) atoms. The molecule has 1 aromatic rings. The molecule has 0 saturated carbocycles. The Labute approximate surface area is 80.1 Å². The molecular weight excluding hydrogens is 186 g/mol. The van der Waals surface area contributed by atoms with E-state index in [-0.39, 0.29) is 18.3 Å². The number of aromatic carboxylic acids is 1. The van der Waals surface area contributed by atoms with Gasteiger partial charge in [-0.2, -0.15) is 4.73 Å². The molecule has 0 bridgehead atoms. The van der Waals surface area contributed by atoms with E-state index < -0.39 is 5.97 Å². The standard InChI is InChI=1S/C9H9NO4/c1-5-7-2-6(9(11)12)3-10(13)8(7)4-14-5/h2-3,5H,4H2,1H3,(H,11,12)/t5-/m1/s1. The molecule has 5 nitrogen and oxygen atoms in total. The van der Waals surface area contributed by atoms with Crippen LogP contribution >= 0.6 is 0 Å². The molecule has 0 spiro atoms. The van der Waals surface area contributed by atoms with Crippen molar-refractivity contribution in [2.75, 3.05) is 0 Å². The smallest absolute Gasteiger partial charge is 0.341 e. The predicted octanol–water partition coefficient (Wildman–Crippen LogP) is 0.609. The molecule has 0 radical (unpaired) electrons. The normalized spacial score (nSPS) is 19.4. The third kappa shape index (κ3) is 1.22. The van der Waals surface area contributed by atoms with Gasteiger partial charge in [0.15, 0.2) is 6.20 Å². The summed E-state index contributed by atoms with van der Waals surface area (Å²) in [6, 6.07) is 1.49. The molecule has 1 atom stereocenters. The summed E-state index contributed by atoms with van der Waals surface area (Å²) in [5, 5.41) is 20.1. The van der Waals surface area contributed by atoms with E-state index in [0.717, 1.165) is 6.20 Å². The zero-order valence-corrected chi connectivity index (χ0v) is 7.56. The van der Waals surface area contributed by atoms with E-state index in [1.807, 2.05) is 0 Å². The lowest BCUT2D eigenvalue weighted by Crippen LogP contribution is -2.32. The van der Waals surface area contributed by atoms with Crippen molar-refractivity contribution >= 4 is 5.97 Å². The molecule has 1 aromatic heterocycles. The van der Waals surface area contributed by atoms with Gasteiger partial charge in [0.05, 0.1) is 11.7 Å². The average molecular weight is 195 g/mol. The fourth-order valence-corrected chi connectivity index (χ4v) is 1.53. The first-order valence-electron chi connectivity index (χ1n) is 4.20. The quantitative estimate of drug-likeness (QED) is 0.526. The number of hydrogen-bond donors (Lipinski definition) is 1. The Hall–Kier alpha value is -1.62. The Morgan fingerprint density at radius 1 is 1.79 bits per heavy atom. The van der Waals surface area contributed by atoms with Crippen molar-refractivity contribution in [3.8, 4) is 0 Å². The molecular formula is C9H9NO4. The van der Waals surface area contributed by atoms with Gasteiger partial charge in [0.2, 0.25) is 5.69 Å². The van der Waals surface area contributed by atoms with Crippen LogP contribution in [0.1, 0.15) is 34.6 Å². The lowest BCUT2D eigenvalue weighted by atomic mass is 10.1. The van der Waals surface area contributed by atoms with Crippen LogP contribution in [0.2, 0.25) is 0 Å². The monoisotopic (exact) mass is 195 g/mol. The third-order valence-corrected chi connectivity index (χ3v) is 2.32. The lowest BCUT2D eigenvalue weighted by Gasteiger charge is -2.04. The summed E-state index contributed by atoms with van der Waals surface area (Å²) in [6.07, 6.45) is 0.854. The Morgan fingerprint density at radius 2 is 2.50 bits per heavy atom. The molecule has 0 saturated heterocycles. The van der Waals surface area contributed by atoms with Crippen LogP contribution in [0, 0.1) is 5.21 Å². The highest BCUT2D eigenvalue weighted by atomic mass is 16.5. The molecule has 0 aromatic carbocycles. The van der Waals surface area contributed by atoms with Crippen molar-refractivity contribution < 1.29 is 19.4 Å². The number of aromatic nitrogens is 1. The Morgan fingerprint density at radius 3 is 3.14 bits per heavy atom. The van der Waals surface area contributed by atoms with Crippen molar-refractivity contribution in [3.63, 3.8) is 0 Å². The molecule has 5 heteroatoms. The van der Waals surface area contributed by atoms with Crippen molar-refractivity contribution in [3.05, 3.63) is 34.3 Å². The maximum Gasteiger partial charge on any atom is 0.341 e. The number of hydrogen-bond acceptors (Lipinski definition) is 3. The van der Waals surface area contributed by atoms with Gasteiger partial charge in [-0.3, -0.25) is 0 Å². The van der Waals surface area contributed by atoms with E-state index in [0.29, 0.717) is 16.0 Å². The highest BCUT2D eigenvalue weighted by molar-refractivity contribution is 5.87. The summed E-state index contributed by atoms with van der Waals surface area (Å²) in [6.45, 7) is 2.04. The second-order valence-corrected chi connectivity index (χ2v) is 3.21. The van der Waals surface area contributed by atoms with Crippen molar-refractivity contribution in [1.29, 1.82) is 0 Å². The summed E-state index contributed by atoms with van der Waals surface area (Å²) >= 11 is 0. The summed E-state index contributed by atoms with van der Waals surface area (Å²) < 4.78 is 5.80. The number of rotatable bonds is 1. The molecule has 2 heterocycles. The number of nitrogens with zero attached hydrogens (tertiary/aromatic N) is 1. The molecule has 0 aliphatic carbocycles. The van der Waals surface area contributed by atoms with Crippen LogP contribution in [-0.2, 0) is 11.3 Å². The largest absolute Gasteiger partial charge is 0.618 e. The third-order valence-electron chi connectivity index (χ3n) is 2.32. The molecule has 0 unspecified atom stereocenters. The van der Waals surface area contributed by atoms with Crippen molar-refractivity contribution in [2.45, 2.75) is 19.6 Å². The second kappa shape index (κ2) is 2.95. The Kier molecular flexibility index (Phi) is 1.89. The van der Waals surface area contributed by atoms with E-state index in [9.17, 15) is 10.0 Å². The fourth-order valence-electron chi connectivity index (χ4n) is 1.53. The molecule has 1 aliphatic heterocycles. The van der Waals surface area contributed by atoms with Gasteiger partial charge >= 0.3 is 5.97 Å². The number of carbonyl (C=O) groups is 1. The SMILES string of the molecule is C[C@H]1OCc2c1cc(C(=O)O)c[n+]2[O-]. The van der Waals surface area contributed by atoms with Crippen molar-refractivity contribution in [1.82, 2.24) is 0 Å². The van der Waals surface area contributed by atoms with Crippen LogP contribution in [-0.4, -0.2) is 11.1 Å². The minimum atomic E-state index is -1.10. The molecule has 2 rings (SSSR count). The minimum Gasteiger partial charge on any atom is -0.618 e. The van der Waals surface area contributed by atoms with Gasteiger partial charge in [-0.15, -0.1) is 0 Å². The van der Waals surface area contributed by atoms with Crippen LogP contribution in [0.5, 0.6) is 0 Å². The lowest BCUT2D eigenvalue weighted by molar-refractivity contribution is -0.615. The topological polar surface area (TPSA) is 73.5 Å². The summed E-state index contributed by atoms with van der Waals surface area (Å²) in [7, 11) is 0. The summed E-state index contributed by atoms with van der Waals surface area (Å²) in [5.74, 6) is -1.10. The Balaban J connectivity index is 2.58. The number of ether oxygens (including phenoxy) is 1. The highest BCUT2D eigenvalue weighted by Crippen LogP contribution is 2.27. The molecule has 74 valence electrons. The van der Waals surface area contributed by atoms with Crippen LogP contribution in [0.25, 0.3) is 0 Å². The van der Waals surface area contributed by atoms with E-state index in [4.69, 9.17) is 9.84 Å². The van der Waals surface area contributed by atoms with Gasteiger partial charge in [-0.1, -0.05) is 0 Å². The number of carboxylic acids is 1. The van der Waals surface area contributed by atoms with Crippen LogP contribution < -0.4 is 4.73 Å². The van der Waals surface area contributed by atoms with Gasteiger partial charge < -0.3 is 15.1 Å². The molecule has 1 N–H and O–H groups in total. The highest BCUT2D eigenvalue weighted by Gasteiger charge is 2.28. The van der Waals surface area contributed by atoms with Gasteiger partial charge in [0.25, 0.3) is 0 Å². The predicted molar refractivity (Wildman–Crippen MR) is 45.6 cm³/mol. The zero-order valence-electron chi connectivity index (χ0n) is 7.56. The molecule has 0 fully saturated rings. The van der Waals surface area contributed by atoms with Crippen LogP contribution in [0.15, 0.2) is 12.3 Å². The van der Waals surface area contributed by atoms with Gasteiger partial charge in [0, 0.05) is 0 Å². The fraction of sp³-hybridized carbons (Fsp3) is 0.333. The summed E-state index contributed by atoms with van der Waals surface area (Å²) in [5.41, 5.74) is 1.17. The van der Waals surface area contributed by atoms with E-state index >= 15 is 0 Å². The first-order valence-corrected chi connectivity index (χ1v) is 4.20. The van der Waals surface area contributed by atoms with Gasteiger partial charge in [-0.05, 0) is 13.0 Å². The summed E-state index contributed by atoms with van der Waals surface area (Å²) in [4.78, 5) is 10.7. The first kappa shape index (κ1) is 8.96. The molecule has 0 amide bonds. The zero-order chi connectivity index (χ0) is 10.3. The maximum absolute atomic E-state index is 11.4. The van der Waals surface area contributed by atoms with Crippen LogP contribution in [0.3, 0.4) is 0 Å². The molecule has 1 aliphatic rings. The van der Waals surface area contributed by atoms with Crippen LogP contribution in [0.4, 0.5) is 0 Å². The van der Waals surface area contributed by atoms with E-state index in [2.05, 4.69) is 0 Å². The van der Waals surface area contributed by atoms with Gasteiger partial charge in [-0.25, -0.2) is 4.79 Å². The number of fused-ring (bicyclic) bond motifs is 1. The Bertz CT molecular complexity index is 402. The van der Waals surface area contributed by atoms with Gasteiger partial charge in [0.1, 0.15) is 12.2 Å². The maximum atomic E-state index is 11.4.